The molecule has 0 aromatic heterocycles. The minimum absolute atomic E-state index is 0.224. The first-order valence-electron chi connectivity index (χ1n) is 6.42. The summed E-state index contributed by atoms with van der Waals surface area (Å²) >= 11 is 6.30. The molecule has 110 valence electrons. The van der Waals surface area contributed by atoms with Crippen LogP contribution in [-0.2, 0) is 9.53 Å². The number of hydrogen-bond acceptors (Lipinski definition) is 3. The fourth-order valence-corrected chi connectivity index (χ4v) is 2.24. The largest absolute Gasteiger partial charge is 0.478 e. The molecule has 1 aromatic rings. The lowest BCUT2D eigenvalue weighted by molar-refractivity contribution is -0.131. The summed E-state index contributed by atoms with van der Waals surface area (Å²) in [5.74, 6) is -0.982. The average molecular weight is 298 g/mol. The Morgan fingerprint density at radius 2 is 2.20 bits per heavy atom. The zero-order chi connectivity index (χ0) is 15.1. The number of benzene rings is 1. The molecule has 4 nitrogen and oxygen atoms in total. The summed E-state index contributed by atoms with van der Waals surface area (Å²) < 4.78 is 5.13. The minimum Gasteiger partial charge on any atom is -0.478 e. The highest BCUT2D eigenvalue weighted by Gasteiger charge is 2.16. The molecule has 20 heavy (non-hydrogen) atoms. The Morgan fingerprint density at radius 1 is 1.50 bits per heavy atom. The van der Waals surface area contributed by atoms with Gasteiger partial charge in [0.2, 0.25) is 0 Å². The maximum atomic E-state index is 10.7. The third kappa shape index (κ3) is 4.54. The molecule has 1 N–H and O–H groups in total. The van der Waals surface area contributed by atoms with Gasteiger partial charge >= 0.3 is 5.97 Å². The highest BCUT2D eigenvalue weighted by Crippen LogP contribution is 2.32. The van der Waals surface area contributed by atoms with Gasteiger partial charge in [-0.2, -0.15) is 0 Å². The number of halogens is 1. The van der Waals surface area contributed by atoms with E-state index in [4.69, 9.17) is 21.4 Å². The number of carboxylic acids is 1. The lowest BCUT2D eigenvalue weighted by Crippen LogP contribution is -2.34. The molecule has 0 unspecified atom stereocenters. The molecule has 0 aliphatic heterocycles. The van der Waals surface area contributed by atoms with E-state index in [1.165, 1.54) is 0 Å². The molecule has 0 amide bonds. The highest BCUT2D eigenvalue weighted by atomic mass is 35.5. The smallest absolute Gasteiger partial charge is 0.328 e. The van der Waals surface area contributed by atoms with Gasteiger partial charge in [0.25, 0.3) is 0 Å². The number of anilines is 1. The van der Waals surface area contributed by atoms with E-state index >= 15 is 0 Å². The van der Waals surface area contributed by atoms with E-state index in [-0.39, 0.29) is 6.04 Å². The van der Waals surface area contributed by atoms with Gasteiger partial charge in [-0.1, -0.05) is 23.7 Å². The number of aliphatic carboxylic acids is 1. The van der Waals surface area contributed by atoms with Crippen molar-refractivity contribution in [2.45, 2.75) is 19.9 Å². The molecular weight excluding hydrogens is 278 g/mol. The van der Waals surface area contributed by atoms with Crippen molar-refractivity contribution in [1.82, 2.24) is 0 Å². The maximum Gasteiger partial charge on any atom is 0.328 e. The van der Waals surface area contributed by atoms with Gasteiger partial charge in [-0.3, -0.25) is 0 Å². The number of carboxylic acid groups (broad SMARTS) is 1. The Kier molecular flexibility index (Phi) is 6.55. The van der Waals surface area contributed by atoms with Gasteiger partial charge in [-0.25, -0.2) is 4.79 Å². The van der Waals surface area contributed by atoms with Crippen molar-refractivity contribution in [2.24, 2.45) is 0 Å². The van der Waals surface area contributed by atoms with E-state index < -0.39 is 5.97 Å². The molecule has 1 aromatic carbocycles. The van der Waals surface area contributed by atoms with Crippen LogP contribution in [0.5, 0.6) is 0 Å². The van der Waals surface area contributed by atoms with Crippen molar-refractivity contribution in [3.63, 3.8) is 0 Å². The third-order valence-electron chi connectivity index (χ3n) is 2.87. The number of methoxy groups -OCH3 is 1. The standard InChI is InChI=1S/C15H20ClNO3/c1-11(2)17(9-10-20-3)15-12(7-8-14(18)19)5-4-6-13(15)16/h4-8,11H,9-10H2,1-3H3,(H,18,19)/b8-7+. The summed E-state index contributed by atoms with van der Waals surface area (Å²) in [4.78, 5) is 12.8. The summed E-state index contributed by atoms with van der Waals surface area (Å²) in [7, 11) is 1.65. The van der Waals surface area contributed by atoms with Crippen LogP contribution in [-0.4, -0.2) is 37.4 Å². The van der Waals surface area contributed by atoms with Gasteiger partial charge in [0.1, 0.15) is 0 Å². The molecule has 0 bridgehead atoms. The second kappa shape index (κ2) is 7.92. The van der Waals surface area contributed by atoms with E-state index in [0.29, 0.717) is 18.2 Å². The van der Waals surface area contributed by atoms with Crippen molar-refractivity contribution in [3.05, 3.63) is 34.9 Å². The molecule has 0 saturated heterocycles. The molecule has 0 aliphatic carbocycles. The van der Waals surface area contributed by atoms with Gasteiger partial charge in [0.15, 0.2) is 0 Å². The van der Waals surface area contributed by atoms with E-state index in [1.807, 2.05) is 12.1 Å². The Balaban J connectivity index is 3.20. The first kappa shape index (κ1) is 16.5. The molecule has 0 heterocycles. The molecule has 0 fully saturated rings. The minimum atomic E-state index is -0.982. The zero-order valence-electron chi connectivity index (χ0n) is 12.0. The number of nitrogens with zero attached hydrogens (tertiary/aromatic N) is 1. The molecule has 0 aliphatic rings. The molecule has 0 atom stereocenters. The second-order valence-electron chi connectivity index (χ2n) is 4.63. The first-order valence-corrected chi connectivity index (χ1v) is 6.80. The number of rotatable bonds is 7. The van der Waals surface area contributed by atoms with Gasteiger partial charge < -0.3 is 14.7 Å². The van der Waals surface area contributed by atoms with Crippen LogP contribution in [0.4, 0.5) is 5.69 Å². The van der Waals surface area contributed by atoms with Gasteiger partial charge in [-0.15, -0.1) is 0 Å². The Bertz CT molecular complexity index is 486. The normalized spacial score (nSPS) is 11.2. The first-order chi connectivity index (χ1) is 9.47. The summed E-state index contributed by atoms with van der Waals surface area (Å²) in [6, 6.07) is 5.68. The lowest BCUT2D eigenvalue weighted by Gasteiger charge is -2.31. The van der Waals surface area contributed by atoms with Crippen LogP contribution in [0.25, 0.3) is 6.08 Å². The highest BCUT2D eigenvalue weighted by molar-refractivity contribution is 6.33. The number of carbonyl (C=O) groups is 1. The Morgan fingerprint density at radius 3 is 2.75 bits per heavy atom. The van der Waals surface area contributed by atoms with Crippen LogP contribution < -0.4 is 4.90 Å². The molecule has 0 saturated carbocycles. The van der Waals surface area contributed by atoms with Crippen LogP contribution in [0.3, 0.4) is 0 Å². The van der Waals surface area contributed by atoms with Crippen LogP contribution in [0.2, 0.25) is 5.02 Å². The predicted molar refractivity (Wildman–Crippen MR) is 82.5 cm³/mol. The molecule has 0 spiro atoms. The van der Waals surface area contributed by atoms with Crippen molar-refractivity contribution in [3.8, 4) is 0 Å². The van der Waals surface area contributed by atoms with E-state index in [1.54, 1.807) is 19.3 Å². The lowest BCUT2D eigenvalue weighted by atomic mass is 10.1. The monoisotopic (exact) mass is 297 g/mol. The fourth-order valence-electron chi connectivity index (χ4n) is 1.95. The molecule has 1 rings (SSSR count). The second-order valence-corrected chi connectivity index (χ2v) is 5.04. The summed E-state index contributed by atoms with van der Waals surface area (Å²) in [6.07, 6.45) is 2.68. The van der Waals surface area contributed by atoms with Crippen LogP contribution in [0, 0.1) is 0 Å². The fraction of sp³-hybridized carbons (Fsp3) is 0.400. The van der Waals surface area contributed by atoms with Crippen LogP contribution >= 0.6 is 11.6 Å². The van der Waals surface area contributed by atoms with Gasteiger partial charge in [0, 0.05) is 25.8 Å². The number of para-hydroxylation sites is 1. The molecule has 0 radical (unpaired) electrons. The summed E-state index contributed by atoms with van der Waals surface area (Å²) in [5.41, 5.74) is 1.61. The maximum absolute atomic E-state index is 10.7. The number of ether oxygens (including phenoxy) is 1. The van der Waals surface area contributed by atoms with Crippen molar-refractivity contribution >= 4 is 29.3 Å². The van der Waals surface area contributed by atoms with E-state index in [9.17, 15) is 4.79 Å². The molecule has 5 heteroatoms. The predicted octanol–water partition coefficient (Wildman–Crippen LogP) is 3.30. The van der Waals surface area contributed by atoms with Crippen LogP contribution in [0.1, 0.15) is 19.4 Å². The van der Waals surface area contributed by atoms with Crippen molar-refractivity contribution < 1.29 is 14.6 Å². The third-order valence-corrected chi connectivity index (χ3v) is 3.18. The van der Waals surface area contributed by atoms with E-state index in [2.05, 4.69) is 18.7 Å². The Hall–Kier alpha value is -1.52. The van der Waals surface area contributed by atoms with Crippen molar-refractivity contribution in [2.75, 3.05) is 25.2 Å². The summed E-state index contributed by atoms with van der Waals surface area (Å²) in [5, 5.41) is 9.37. The molecular formula is C15H20ClNO3. The Labute approximate surface area is 124 Å². The number of hydrogen-bond donors (Lipinski definition) is 1. The topological polar surface area (TPSA) is 49.8 Å². The van der Waals surface area contributed by atoms with Crippen molar-refractivity contribution in [1.29, 1.82) is 0 Å². The SMILES string of the molecule is COCCN(c1c(Cl)cccc1/C=C/C(=O)O)C(C)C. The summed E-state index contributed by atoms with van der Waals surface area (Å²) in [6.45, 7) is 5.38. The van der Waals surface area contributed by atoms with Crippen LogP contribution in [0.15, 0.2) is 24.3 Å². The average Bonchev–Trinajstić information content (AvgIpc) is 2.38. The van der Waals surface area contributed by atoms with Gasteiger partial charge in [-0.05, 0) is 31.6 Å². The quantitative estimate of drug-likeness (QED) is 0.785. The zero-order valence-corrected chi connectivity index (χ0v) is 12.7. The van der Waals surface area contributed by atoms with Gasteiger partial charge in [0.05, 0.1) is 17.3 Å². The van der Waals surface area contributed by atoms with E-state index in [0.717, 1.165) is 17.3 Å².